The second kappa shape index (κ2) is 4.64. The number of likely N-dealkylation sites (tertiary alicyclic amines) is 1. The van der Waals surface area contributed by atoms with Crippen molar-refractivity contribution in [2.45, 2.75) is 12.8 Å². The van der Waals surface area contributed by atoms with Crippen molar-refractivity contribution >= 4 is 11.7 Å². The number of ketones is 1. The zero-order chi connectivity index (χ0) is 9.68. The van der Waals surface area contributed by atoms with Crippen LogP contribution < -0.4 is 0 Å². The molecule has 72 valence electrons. The molecule has 1 fully saturated rings. The van der Waals surface area contributed by atoms with Gasteiger partial charge in [0.1, 0.15) is 0 Å². The number of amides is 1. The van der Waals surface area contributed by atoms with Gasteiger partial charge in [0.05, 0.1) is 25.8 Å². The van der Waals surface area contributed by atoms with Crippen LogP contribution in [0.25, 0.3) is 0 Å². The van der Waals surface area contributed by atoms with Crippen molar-refractivity contribution in [2.24, 2.45) is 0 Å². The summed E-state index contributed by atoms with van der Waals surface area (Å²) in [6.07, 6.45) is 2.18. The molecule has 0 bridgehead atoms. The molecule has 0 N–H and O–H groups in total. The highest BCUT2D eigenvalue weighted by Crippen LogP contribution is 2.06. The first-order chi connectivity index (χ1) is 6.24. The molecule has 4 heteroatoms. The number of Topliss-reactive ketones (excluding diaryl/α,β-unsaturated/α-hetero) is 1. The van der Waals surface area contributed by atoms with Gasteiger partial charge in [0.2, 0.25) is 5.91 Å². The summed E-state index contributed by atoms with van der Waals surface area (Å²) in [5.74, 6) is -0.0572. The summed E-state index contributed by atoms with van der Waals surface area (Å²) in [4.78, 5) is 23.5. The maximum absolute atomic E-state index is 11.1. The van der Waals surface area contributed by atoms with Gasteiger partial charge in [-0.15, -0.1) is 0 Å². The molecule has 0 saturated carbocycles. The van der Waals surface area contributed by atoms with Crippen LogP contribution in [0.3, 0.4) is 0 Å². The lowest BCUT2D eigenvalue weighted by Gasteiger charge is -2.13. The number of nitrogens with zero attached hydrogens (tertiary/aromatic N) is 1. The van der Waals surface area contributed by atoms with E-state index in [9.17, 15) is 9.59 Å². The quantitative estimate of drug-likeness (QED) is 0.351. The molecule has 13 heavy (non-hydrogen) atoms. The van der Waals surface area contributed by atoms with E-state index in [4.69, 9.17) is 4.74 Å². The topological polar surface area (TPSA) is 46.6 Å². The summed E-state index contributed by atoms with van der Waals surface area (Å²) in [6.45, 7) is 4.81. The van der Waals surface area contributed by atoms with Gasteiger partial charge in [-0.1, -0.05) is 6.58 Å². The fraction of sp³-hybridized carbons (Fsp3) is 0.556. The van der Waals surface area contributed by atoms with Crippen LogP contribution in [-0.4, -0.2) is 36.3 Å². The van der Waals surface area contributed by atoms with Crippen molar-refractivity contribution in [1.82, 2.24) is 4.90 Å². The molecule has 1 rings (SSSR count). The standard InChI is InChI=1S/C9H13NO3/c1-2-13-5-3-4-10-7-8(11)6-9(10)12/h2H,1,3-7H2. The van der Waals surface area contributed by atoms with Crippen molar-refractivity contribution in [2.75, 3.05) is 19.7 Å². The van der Waals surface area contributed by atoms with Crippen molar-refractivity contribution in [3.05, 3.63) is 12.8 Å². The first kappa shape index (κ1) is 9.77. The smallest absolute Gasteiger partial charge is 0.230 e. The minimum atomic E-state index is -0.0661. The van der Waals surface area contributed by atoms with Crippen LogP contribution >= 0.6 is 0 Å². The van der Waals surface area contributed by atoms with E-state index in [0.29, 0.717) is 13.2 Å². The largest absolute Gasteiger partial charge is 0.502 e. The van der Waals surface area contributed by atoms with Crippen LogP contribution in [0.2, 0.25) is 0 Å². The molecule has 0 atom stereocenters. The van der Waals surface area contributed by atoms with Gasteiger partial charge in [0.15, 0.2) is 5.78 Å². The number of carbonyl (C=O) groups excluding carboxylic acids is 2. The number of hydrogen-bond acceptors (Lipinski definition) is 3. The summed E-state index contributed by atoms with van der Waals surface area (Å²) in [5, 5.41) is 0. The lowest BCUT2D eigenvalue weighted by Crippen LogP contribution is -2.27. The van der Waals surface area contributed by atoms with Crippen molar-refractivity contribution < 1.29 is 14.3 Å². The molecule has 0 aromatic heterocycles. The molecular weight excluding hydrogens is 170 g/mol. The van der Waals surface area contributed by atoms with E-state index in [0.717, 1.165) is 6.42 Å². The molecule has 4 nitrogen and oxygen atoms in total. The van der Waals surface area contributed by atoms with E-state index in [1.165, 1.54) is 6.26 Å². The van der Waals surface area contributed by atoms with Gasteiger partial charge in [-0.2, -0.15) is 0 Å². The van der Waals surface area contributed by atoms with E-state index >= 15 is 0 Å². The van der Waals surface area contributed by atoms with Gasteiger partial charge < -0.3 is 9.64 Å². The Kier molecular flexibility index (Phi) is 3.49. The third-order valence-corrected chi connectivity index (χ3v) is 1.88. The Morgan fingerprint density at radius 1 is 1.54 bits per heavy atom. The Balaban J connectivity index is 2.18. The first-order valence-electron chi connectivity index (χ1n) is 4.26. The third kappa shape index (κ3) is 2.89. The van der Waals surface area contributed by atoms with Gasteiger partial charge in [-0.25, -0.2) is 0 Å². The lowest BCUT2D eigenvalue weighted by atomic mass is 10.3. The molecule has 1 heterocycles. The predicted molar refractivity (Wildman–Crippen MR) is 47.0 cm³/mol. The lowest BCUT2D eigenvalue weighted by molar-refractivity contribution is -0.128. The van der Waals surface area contributed by atoms with Crippen LogP contribution in [-0.2, 0) is 14.3 Å². The summed E-state index contributed by atoms with van der Waals surface area (Å²) in [6, 6.07) is 0. The molecule has 0 radical (unpaired) electrons. The average molecular weight is 183 g/mol. The highest BCUT2D eigenvalue weighted by Gasteiger charge is 2.26. The molecule has 1 aliphatic rings. The van der Waals surface area contributed by atoms with Gasteiger partial charge in [0, 0.05) is 6.54 Å². The highest BCUT2D eigenvalue weighted by molar-refractivity contribution is 6.05. The average Bonchev–Trinajstić information content (AvgIpc) is 2.39. The van der Waals surface area contributed by atoms with Gasteiger partial charge in [-0.05, 0) is 6.42 Å². The minimum Gasteiger partial charge on any atom is -0.502 e. The van der Waals surface area contributed by atoms with Gasteiger partial charge in [0.25, 0.3) is 0 Å². The third-order valence-electron chi connectivity index (χ3n) is 1.88. The minimum absolute atomic E-state index is 0.00893. The summed E-state index contributed by atoms with van der Waals surface area (Å²) in [7, 11) is 0. The Bertz CT molecular complexity index is 225. The van der Waals surface area contributed by atoms with Crippen LogP contribution in [0.15, 0.2) is 12.8 Å². The fourth-order valence-corrected chi connectivity index (χ4v) is 1.26. The van der Waals surface area contributed by atoms with Gasteiger partial charge >= 0.3 is 0 Å². The number of ether oxygens (including phenoxy) is 1. The first-order valence-corrected chi connectivity index (χ1v) is 4.26. The molecule has 1 amide bonds. The summed E-state index contributed by atoms with van der Waals surface area (Å²) >= 11 is 0. The zero-order valence-corrected chi connectivity index (χ0v) is 7.49. The normalized spacial score (nSPS) is 16.5. The van der Waals surface area contributed by atoms with Crippen molar-refractivity contribution in [3.63, 3.8) is 0 Å². The SMILES string of the molecule is C=COCCCN1CC(=O)CC1=O. The second-order valence-corrected chi connectivity index (χ2v) is 2.92. The summed E-state index contributed by atoms with van der Waals surface area (Å²) in [5.41, 5.74) is 0. The number of carbonyl (C=O) groups is 2. The van der Waals surface area contributed by atoms with E-state index in [1.54, 1.807) is 4.90 Å². The Labute approximate surface area is 77.2 Å². The molecule has 1 aliphatic heterocycles. The van der Waals surface area contributed by atoms with E-state index in [1.807, 2.05) is 0 Å². The summed E-state index contributed by atoms with van der Waals surface area (Å²) < 4.78 is 4.90. The fourth-order valence-electron chi connectivity index (χ4n) is 1.26. The molecule has 0 aromatic rings. The van der Waals surface area contributed by atoms with Crippen LogP contribution in [0.1, 0.15) is 12.8 Å². The van der Waals surface area contributed by atoms with E-state index in [-0.39, 0.29) is 24.7 Å². The molecule has 0 unspecified atom stereocenters. The van der Waals surface area contributed by atoms with E-state index in [2.05, 4.69) is 6.58 Å². The highest BCUT2D eigenvalue weighted by atomic mass is 16.5. The Morgan fingerprint density at radius 2 is 2.31 bits per heavy atom. The molecular formula is C9H13NO3. The van der Waals surface area contributed by atoms with Crippen molar-refractivity contribution in [1.29, 1.82) is 0 Å². The predicted octanol–water partition coefficient (Wildman–Crippen LogP) is 0.338. The van der Waals surface area contributed by atoms with Crippen molar-refractivity contribution in [3.8, 4) is 0 Å². The maximum atomic E-state index is 11.1. The monoisotopic (exact) mass is 183 g/mol. The van der Waals surface area contributed by atoms with Crippen LogP contribution in [0.5, 0.6) is 0 Å². The van der Waals surface area contributed by atoms with Crippen LogP contribution in [0, 0.1) is 0 Å². The second-order valence-electron chi connectivity index (χ2n) is 2.92. The Hall–Kier alpha value is -1.32. The van der Waals surface area contributed by atoms with E-state index < -0.39 is 0 Å². The zero-order valence-electron chi connectivity index (χ0n) is 7.49. The molecule has 1 saturated heterocycles. The number of hydrogen-bond donors (Lipinski definition) is 0. The molecule has 0 aliphatic carbocycles. The molecule has 0 aromatic carbocycles. The molecule has 0 spiro atoms. The Morgan fingerprint density at radius 3 is 2.85 bits per heavy atom. The number of rotatable bonds is 5. The van der Waals surface area contributed by atoms with Gasteiger partial charge in [-0.3, -0.25) is 9.59 Å². The van der Waals surface area contributed by atoms with Crippen LogP contribution in [0.4, 0.5) is 0 Å². The maximum Gasteiger partial charge on any atom is 0.230 e.